The molecule has 8 nitrogen and oxygen atoms in total. The zero-order valence-corrected chi connectivity index (χ0v) is 23.6. The van der Waals surface area contributed by atoms with Gasteiger partial charge in [0.15, 0.2) is 0 Å². The number of carbonyl (C=O) groups is 4. The minimum Gasteiger partial charge on any atom is -0.463 e. The predicted molar refractivity (Wildman–Crippen MR) is 152 cm³/mol. The number of hydrogen-bond donors (Lipinski definition) is 0. The third kappa shape index (κ3) is 9.61. The van der Waals surface area contributed by atoms with Crippen molar-refractivity contribution in [1.82, 2.24) is 0 Å². The van der Waals surface area contributed by atoms with Crippen LogP contribution < -0.4 is 0 Å². The van der Waals surface area contributed by atoms with Crippen molar-refractivity contribution >= 4 is 57.9 Å². The normalized spacial score (nSPS) is 10.5. The van der Waals surface area contributed by atoms with Crippen LogP contribution in [0.5, 0.6) is 0 Å². The molecule has 3 heterocycles. The molecule has 0 aliphatic rings. The van der Waals surface area contributed by atoms with Gasteiger partial charge in [0.1, 0.15) is 9.75 Å². The summed E-state index contributed by atoms with van der Waals surface area (Å²) in [4.78, 5) is 51.7. The third-order valence-electron chi connectivity index (χ3n) is 5.07. The molecule has 0 aromatic carbocycles. The molecule has 0 aliphatic heterocycles. The van der Waals surface area contributed by atoms with Gasteiger partial charge < -0.3 is 18.9 Å². The fourth-order valence-corrected chi connectivity index (χ4v) is 6.09. The van der Waals surface area contributed by atoms with Crippen molar-refractivity contribution in [3.8, 4) is 19.5 Å². The Bertz CT molecular complexity index is 1200. The van der Waals surface area contributed by atoms with Crippen LogP contribution in [0.2, 0.25) is 0 Å². The number of unbranched alkanes of at least 4 members (excludes halogenated alkanes) is 2. The highest BCUT2D eigenvalue weighted by Gasteiger charge is 2.16. The number of ether oxygens (including phenoxy) is 4. The average Bonchev–Trinajstić information content (AvgIpc) is 3.72. The lowest BCUT2D eigenvalue weighted by molar-refractivity contribution is -0.138. The summed E-state index contributed by atoms with van der Waals surface area (Å²) in [6.45, 7) is 7.67. The first kappa shape index (κ1) is 30.0. The van der Waals surface area contributed by atoms with Crippen LogP contribution >= 0.6 is 34.0 Å². The molecule has 0 atom stereocenters. The summed E-state index contributed by atoms with van der Waals surface area (Å²) in [5, 5.41) is 0. The third-order valence-corrected chi connectivity index (χ3v) is 8.68. The Morgan fingerprint density at radius 1 is 0.538 bits per heavy atom. The second-order valence-electron chi connectivity index (χ2n) is 7.92. The molecule has 39 heavy (non-hydrogen) atoms. The molecule has 0 saturated carbocycles. The van der Waals surface area contributed by atoms with E-state index in [1.165, 1.54) is 22.7 Å². The molecule has 3 rings (SSSR count). The fourth-order valence-electron chi connectivity index (χ4n) is 3.11. The number of carbonyl (C=O) groups excluding carboxylic acids is 4. The molecule has 0 saturated heterocycles. The maximum atomic E-state index is 12.4. The first-order valence-electron chi connectivity index (χ1n) is 12.1. The molecule has 0 fully saturated rings. The zero-order valence-electron chi connectivity index (χ0n) is 21.2. The zero-order chi connectivity index (χ0) is 28.0. The van der Waals surface area contributed by atoms with Gasteiger partial charge in [0.2, 0.25) is 0 Å². The Kier molecular flexibility index (Phi) is 12.1. The van der Waals surface area contributed by atoms with E-state index in [2.05, 4.69) is 13.2 Å². The minimum absolute atomic E-state index is 0.245. The lowest BCUT2D eigenvalue weighted by Gasteiger charge is -2.04. The molecular formula is C28H28O8S3. The predicted octanol–water partition coefficient (Wildman–Crippen LogP) is 6.54. The Labute approximate surface area is 238 Å². The molecule has 0 radical (unpaired) electrons. The highest BCUT2D eigenvalue weighted by Crippen LogP contribution is 2.40. The van der Waals surface area contributed by atoms with Gasteiger partial charge in [0, 0.05) is 31.7 Å². The Morgan fingerprint density at radius 2 is 0.872 bits per heavy atom. The Morgan fingerprint density at radius 3 is 1.26 bits per heavy atom. The van der Waals surface area contributed by atoms with Crippen LogP contribution in [0.3, 0.4) is 0 Å². The van der Waals surface area contributed by atoms with Crippen molar-refractivity contribution in [2.45, 2.75) is 25.7 Å². The van der Waals surface area contributed by atoms with E-state index in [0.29, 0.717) is 35.4 Å². The van der Waals surface area contributed by atoms with Gasteiger partial charge in [-0.1, -0.05) is 13.2 Å². The van der Waals surface area contributed by atoms with Crippen molar-refractivity contribution in [3.63, 3.8) is 0 Å². The SMILES string of the molecule is C=CC(=O)OCCCCOC(=O)c1ccc(-c2ccc(-c3ccc(C(=O)OCCCCOC(=O)C=C)s3)s2)s1. The van der Waals surface area contributed by atoms with E-state index in [9.17, 15) is 19.2 Å². The molecule has 0 spiro atoms. The molecule has 0 amide bonds. The van der Waals surface area contributed by atoms with Crippen molar-refractivity contribution in [1.29, 1.82) is 0 Å². The van der Waals surface area contributed by atoms with Crippen molar-refractivity contribution in [3.05, 3.63) is 71.5 Å². The van der Waals surface area contributed by atoms with Crippen LogP contribution in [0.1, 0.15) is 45.0 Å². The number of thiophene rings is 3. The molecule has 3 aromatic heterocycles. The standard InChI is InChI=1S/C28H28O8S3/c1-3-25(29)33-15-5-7-17-35-27(31)23-13-11-21(38-23)19-9-10-20(37-19)22-12-14-24(39-22)28(32)36-18-8-6-16-34-26(30)4-2/h3-4,9-14H,1-2,5-8,15-18H2. The first-order valence-corrected chi connectivity index (χ1v) is 14.6. The second-order valence-corrected chi connectivity index (χ2v) is 11.2. The van der Waals surface area contributed by atoms with Gasteiger partial charge in [-0.15, -0.1) is 34.0 Å². The van der Waals surface area contributed by atoms with Crippen molar-refractivity contribution < 1.29 is 38.1 Å². The smallest absolute Gasteiger partial charge is 0.348 e. The lowest BCUT2D eigenvalue weighted by atomic mass is 10.3. The summed E-state index contributed by atoms with van der Waals surface area (Å²) in [7, 11) is 0. The van der Waals surface area contributed by atoms with Gasteiger partial charge in [-0.25, -0.2) is 19.2 Å². The van der Waals surface area contributed by atoms with Gasteiger partial charge in [0.05, 0.1) is 26.4 Å². The van der Waals surface area contributed by atoms with Crippen molar-refractivity contribution in [2.24, 2.45) is 0 Å². The van der Waals surface area contributed by atoms with E-state index in [4.69, 9.17) is 18.9 Å². The van der Waals surface area contributed by atoms with E-state index >= 15 is 0 Å². The van der Waals surface area contributed by atoms with Crippen LogP contribution in [0.15, 0.2) is 61.7 Å². The lowest BCUT2D eigenvalue weighted by Crippen LogP contribution is -2.06. The molecule has 0 bridgehead atoms. The Balaban J connectivity index is 1.44. The van der Waals surface area contributed by atoms with Crippen molar-refractivity contribution in [2.75, 3.05) is 26.4 Å². The molecule has 3 aromatic rings. The molecule has 0 aliphatic carbocycles. The minimum atomic E-state index is -0.467. The van der Waals surface area contributed by atoms with Crippen LogP contribution in [0.4, 0.5) is 0 Å². The van der Waals surface area contributed by atoms with E-state index in [1.807, 2.05) is 24.3 Å². The van der Waals surface area contributed by atoms with Gasteiger partial charge in [-0.2, -0.15) is 0 Å². The number of esters is 4. The highest BCUT2D eigenvalue weighted by molar-refractivity contribution is 7.27. The largest absolute Gasteiger partial charge is 0.463 e. The monoisotopic (exact) mass is 588 g/mol. The summed E-state index contributed by atoms with van der Waals surface area (Å²) < 4.78 is 20.4. The summed E-state index contributed by atoms with van der Waals surface area (Å²) in [6, 6.07) is 11.2. The van der Waals surface area contributed by atoms with Gasteiger partial charge in [0.25, 0.3) is 0 Å². The highest BCUT2D eigenvalue weighted by atomic mass is 32.1. The Hall–Kier alpha value is -3.54. The maximum Gasteiger partial charge on any atom is 0.348 e. The van der Waals surface area contributed by atoms with Gasteiger partial charge in [-0.05, 0) is 62.1 Å². The topological polar surface area (TPSA) is 105 Å². The molecule has 0 N–H and O–H groups in total. The number of rotatable bonds is 16. The summed E-state index contributed by atoms with van der Waals surface area (Å²) in [6.07, 6.45) is 4.59. The summed E-state index contributed by atoms with van der Waals surface area (Å²) in [5.41, 5.74) is 0. The molecule has 206 valence electrons. The van der Waals surface area contributed by atoms with Crippen LogP contribution in [0.25, 0.3) is 19.5 Å². The van der Waals surface area contributed by atoms with Gasteiger partial charge in [-0.3, -0.25) is 0 Å². The molecule has 0 unspecified atom stereocenters. The average molecular weight is 589 g/mol. The van der Waals surface area contributed by atoms with E-state index < -0.39 is 11.9 Å². The first-order chi connectivity index (χ1) is 18.9. The van der Waals surface area contributed by atoms with E-state index in [1.54, 1.807) is 23.5 Å². The van der Waals surface area contributed by atoms with Crippen LogP contribution in [0, 0.1) is 0 Å². The van der Waals surface area contributed by atoms with E-state index in [0.717, 1.165) is 31.7 Å². The quantitative estimate of drug-likeness (QED) is 0.0804. The summed E-state index contributed by atoms with van der Waals surface area (Å²) >= 11 is 4.29. The maximum absolute atomic E-state index is 12.4. The van der Waals surface area contributed by atoms with Crippen LogP contribution in [-0.4, -0.2) is 50.3 Å². The molecular weight excluding hydrogens is 561 g/mol. The van der Waals surface area contributed by atoms with E-state index in [-0.39, 0.29) is 38.4 Å². The van der Waals surface area contributed by atoms with Crippen LogP contribution in [-0.2, 0) is 28.5 Å². The second kappa shape index (κ2) is 15.8. The number of hydrogen-bond acceptors (Lipinski definition) is 11. The summed E-state index contributed by atoms with van der Waals surface area (Å²) in [5.74, 6) is -1.70. The van der Waals surface area contributed by atoms with Gasteiger partial charge >= 0.3 is 23.9 Å². The fraction of sp³-hybridized carbons (Fsp3) is 0.286. The molecule has 11 heteroatoms.